The molecule has 1 aliphatic carbocycles. The lowest BCUT2D eigenvalue weighted by molar-refractivity contribution is -0.137. The number of anilines is 1. The Hall–Kier alpha value is -1.77. The average Bonchev–Trinajstić information content (AvgIpc) is 2.40. The molecule has 6 heteroatoms. The number of hydrogen-bond acceptors (Lipinski definition) is 2. The second-order valence-electron chi connectivity index (χ2n) is 4.96. The lowest BCUT2D eigenvalue weighted by Gasteiger charge is -2.28. The van der Waals surface area contributed by atoms with Crippen LogP contribution in [0.25, 0.3) is 0 Å². The molecular weight excluding hydrogens is 272 g/mol. The predicted octanol–water partition coefficient (Wildman–Crippen LogP) is 4.34. The monoisotopic (exact) mass is 286 g/mol. The van der Waals surface area contributed by atoms with Gasteiger partial charge in [0, 0.05) is 6.04 Å². The summed E-state index contributed by atoms with van der Waals surface area (Å²) in [6, 6.07) is 4.11. The quantitative estimate of drug-likeness (QED) is 0.821. The zero-order valence-corrected chi connectivity index (χ0v) is 10.7. The molecule has 2 atom stereocenters. The van der Waals surface area contributed by atoms with Gasteiger partial charge in [0.1, 0.15) is 5.82 Å². The number of halogens is 4. The molecule has 2 rings (SSSR count). The zero-order valence-electron chi connectivity index (χ0n) is 10.7. The molecule has 1 N–H and O–H groups in total. The summed E-state index contributed by atoms with van der Waals surface area (Å²) in [5.41, 5.74) is -1.09. The van der Waals surface area contributed by atoms with Crippen molar-refractivity contribution >= 4 is 5.69 Å². The van der Waals surface area contributed by atoms with Gasteiger partial charge in [-0.25, -0.2) is 4.39 Å². The molecule has 20 heavy (non-hydrogen) atoms. The molecule has 1 aliphatic rings. The molecule has 0 aliphatic heterocycles. The van der Waals surface area contributed by atoms with Crippen LogP contribution in [0, 0.1) is 23.1 Å². The van der Waals surface area contributed by atoms with Crippen molar-refractivity contribution < 1.29 is 17.6 Å². The van der Waals surface area contributed by atoms with Gasteiger partial charge >= 0.3 is 6.18 Å². The minimum absolute atomic E-state index is 0.188. The molecule has 0 aromatic heterocycles. The van der Waals surface area contributed by atoms with Crippen LogP contribution in [-0.4, -0.2) is 6.04 Å². The van der Waals surface area contributed by atoms with Gasteiger partial charge in [0.05, 0.1) is 23.2 Å². The molecule has 0 radical (unpaired) electrons. The second-order valence-corrected chi connectivity index (χ2v) is 4.96. The summed E-state index contributed by atoms with van der Waals surface area (Å²) in [4.78, 5) is 0. The van der Waals surface area contributed by atoms with Crippen molar-refractivity contribution in [3.8, 4) is 6.07 Å². The van der Waals surface area contributed by atoms with E-state index in [4.69, 9.17) is 5.26 Å². The van der Waals surface area contributed by atoms with Crippen LogP contribution in [0.15, 0.2) is 18.2 Å². The Balaban J connectivity index is 2.22. The highest BCUT2D eigenvalue weighted by molar-refractivity contribution is 5.49. The zero-order chi connectivity index (χ0) is 14.8. The Morgan fingerprint density at radius 3 is 2.55 bits per heavy atom. The van der Waals surface area contributed by atoms with Crippen molar-refractivity contribution in [3.05, 3.63) is 29.6 Å². The van der Waals surface area contributed by atoms with Crippen molar-refractivity contribution in [1.29, 1.82) is 5.26 Å². The van der Waals surface area contributed by atoms with Crippen molar-refractivity contribution in [1.82, 2.24) is 0 Å². The molecule has 0 spiro atoms. The van der Waals surface area contributed by atoms with Crippen LogP contribution in [0.5, 0.6) is 0 Å². The molecule has 1 fully saturated rings. The van der Waals surface area contributed by atoms with E-state index in [1.807, 2.05) is 0 Å². The van der Waals surface area contributed by atoms with E-state index in [-0.39, 0.29) is 17.6 Å². The summed E-state index contributed by atoms with van der Waals surface area (Å²) in [5.74, 6) is -1.03. The molecule has 1 aromatic rings. The highest BCUT2D eigenvalue weighted by atomic mass is 19.4. The third-order valence-corrected chi connectivity index (χ3v) is 3.57. The Kier molecular flexibility index (Phi) is 4.17. The Bertz CT molecular complexity index is 519. The van der Waals surface area contributed by atoms with Gasteiger partial charge < -0.3 is 5.32 Å². The fraction of sp³-hybridized carbons (Fsp3) is 0.500. The van der Waals surface area contributed by atoms with Crippen LogP contribution in [0.1, 0.15) is 31.2 Å². The molecule has 2 nitrogen and oxygen atoms in total. The van der Waals surface area contributed by atoms with Crippen LogP contribution in [0.4, 0.5) is 23.2 Å². The van der Waals surface area contributed by atoms with Crippen molar-refractivity contribution in [3.63, 3.8) is 0 Å². The molecule has 2 unspecified atom stereocenters. The number of nitriles is 1. The first-order chi connectivity index (χ1) is 9.41. The standard InChI is InChI=1S/C14H14F4N2/c15-11-6-5-10(14(16,17)18)7-13(11)20-12-4-2-1-3-9(12)8-19/h5-7,9,12,20H,1-4H2. The predicted molar refractivity (Wildman–Crippen MR) is 66.4 cm³/mol. The van der Waals surface area contributed by atoms with Crippen LogP contribution in [-0.2, 0) is 6.18 Å². The smallest absolute Gasteiger partial charge is 0.379 e. The second kappa shape index (κ2) is 5.70. The molecule has 0 heterocycles. The van der Waals surface area contributed by atoms with Crippen molar-refractivity contribution in [2.24, 2.45) is 5.92 Å². The largest absolute Gasteiger partial charge is 0.416 e. The summed E-state index contributed by atoms with van der Waals surface area (Å²) in [6.45, 7) is 0. The van der Waals surface area contributed by atoms with E-state index in [1.165, 1.54) is 0 Å². The first-order valence-corrected chi connectivity index (χ1v) is 6.44. The SMILES string of the molecule is N#CC1CCCCC1Nc1cc(C(F)(F)F)ccc1F. The van der Waals surface area contributed by atoms with Gasteiger partial charge in [0.25, 0.3) is 0 Å². The van der Waals surface area contributed by atoms with Gasteiger partial charge in [-0.05, 0) is 31.0 Å². The fourth-order valence-electron chi connectivity index (χ4n) is 2.47. The Labute approximate surface area is 114 Å². The average molecular weight is 286 g/mol. The third-order valence-electron chi connectivity index (χ3n) is 3.57. The summed E-state index contributed by atoms with van der Waals surface area (Å²) in [7, 11) is 0. The van der Waals surface area contributed by atoms with E-state index in [9.17, 15) is 17.6 Å². The maximum Gasteiger partial charge on any atom is 0.416 e. The van der Waals surface area contributed by atoms with Crippen LogP contribution in [0.3, 0.4) is 0 Å². The van der Waals surface area contributed by atoms with E-state index in [0.717, 1.165) is 25.0 Å². The minimum atomic E-state index is -4.51. The number of nitrogens with one attached hydrogen (secondary N) is 1. The van der Waals surface area contributed by atoms with Gasteiger partial charge in [-0.2, -0.15) is 18.4 Å². The van der Waals surface area contributed by atoms with E-state index < -0.39 is 17.6 Å². The molecule has 108 valence electrons. The first-order valence-electron chi connectivity index (χ1n) is 6.44. The number of benzene rings is 1. The van der Waals surface area contributed by atoms with Crippen LogP contribution >= 0.6 is 0 Å². The maximum absolute atomic E-state index is 13.6. The van der Waals surface area contributed by atoms with Gasteiger partial charge in [0.15, 0.2) is 0 Å². The van der Waals surface area contributed by atoms with Crippen molar-refractivity contribution in [2.45, 2.75) is 37.9 Å². The van der Waals surface area contributed by atoms with Crippen LogP contribution in [0.2, 0.25) is 0 Å². The third kappa shape index (κ3) is 3.21. The van der Waals surface area contributed by atoms with Gasteiger partial charge in [0.2, 0.25) is 0 Å². The number of rotatable bonds is 2. The Morgan fingerprint density at radius 1 is 1.20 bits per heavy atom. The van der Waals surface area contributed by atoms with E-state index in [1.54, 1.807) is 0 Å². The lowest BCUT2D eigenvalue weighted by Crippen LogP contribution is -2.31. The molecular formula is C14H14F4N2. The maximum atomic E-state index is 13.6. The molecule has 0 amide bonds. The molecule has 0 saturated heterocycles. The summed E-state index contributed by atoms with van der Waals surface area (Å²) >= 11 is 0. The molecule has 0 bridgehead atoms. The lowest BCUT2D eigenvalue weighted by atomic mass is 9.85. The van der Waals surface area contributed by atoms with Gasteiger partial charge in [-0.15, -0.1) is 0 Å². The fourth-order valence-corrected chi connectivity index (χ4v) is 2.47. The van der Waals surface area contributed by atoms with Crippen LogP contribution < -0.4 is 5.32 Å². The first kappa shape index (κ1) is 14.6. The normalized spacial score (nSPS) is 23.1. The molecule has 1 aromatic carbocycles. The number of nitrogens with zero attached hydrogens (tertiary/aromatic N) is 1. The Morgan fingerprint density at radius 2 is 1.90 bits per heavy atom. The highest BCUT2D eigenvalue weighted by Crippen LogP contribution is 2.33. The minimum Gasteiger partial charge on any atom is -0.379 e. The van der Waals surface area contributed by atoms with E-state index in [0.29, 0.717) is 18.9 Å². The topological polar surface area (TPSA) is 35.8 Å². The van der Waals surface area contributed by atoms with E-state index in [2.05, 4.69) is 11.4 Å². The number of alkyl halides is 3. The van der Waals surface area contributed by atoms with Gasteiger partial charge in [-0.3, -0.25) is 0 Å². The van der Waals surface area contributed by atoms with E-state index >= 15 is 0 Å². The van der Waals surface area contributed by atoms with Crippen molar-refractivity contribution in [2.75, 3.05) is 5.32 Å². The summed E-state index contributed by atoms with van der Waals surface area (Å²) < 4.78 is 51.5. The number of hydrogen-bond donors (Lipinski definition) is 1. The highest BCUT2D eigenvalue weighted by Gasteiger charge is 2.32. The van der Waals surface area contributed by atoms with Gasteiger partial charge in [-0.1, -0.05) is 12.8 Å². The molecule has 1 saturated carbocycles. The summed E-state index contributed by atoms with van der Waals surface area (Å²) in [5, 5.41) is 11.8. The summed E-state index contributed by atoms with van der Waals surface area (Å²) in [6.07, 6.45) is -1.36.